The number of aromatic nitrogens is 1. The van der Waals surface area contributed by atoms with Crippen LogP contribution in [-0.2, 0) is 11.3 Å². The van der Waals surface area contributed by atoms with Gasteiger partial charge in [0.25, 0.3) is 11.7 Å². The molecule has 0 spiro atoms. The number of hydrogen-bond donors (Lipinski definition) is 0. The van der Waals surface area contributed by atoms with Crippen LogP contribution in [0, 0.1) is 0 Å². The number of para-hydroxylation sites is 1. The number of benzene rings is 3. The summed E-state index contributed by atoms with van der Waals surface area (Å²) in [6, 6.07) is 21.9. The molecule has 1 amide bonds. The molecule has 5 heteroatoms. The van der Waals surface area contributed by atoms with Gasteiger partial charge in [0.2, 0.25) is 0 Å². The van der Waals surface area contributed by atoms with Crippen molar-refractivity contribution in [2.24, 2.45) is 0 Å². The maximum atomic E-state index is 13.0. The molecule has 0 unspecified atom stereocenters. The van der Waals surface area contributed by atoms with E-state index in [1.807, 2.05) is 53.1 Å². The van der Waals surface area contributed by atoms with Crippen LogP contribution in [0.3, 0.4) is 0 Å². The lowest BCUT2D eigenvalue weighted by Gasteiger charge is -2.13. The number of amides is 1. The third kappa shape index (κ3) is 3.67. The molecule has 0 aliphatic carbocycles. The lowest BCUT2D eigenvalue weighted by atomic mass is 10.1. The summed E-state index contributed by atoms with van der Waals surface area (Å²) in [4.78, 5) is 27.3. The number of likely N-dealkylation sites (tertiary alicyclic amines) is 1. The molecule has 0 bridgehead atoms. The molecular formula is C26H24N2O3. The monoisotopic (exact) mass is 412 g/mol. The summed E-state index contributed by atoms with van der Waals surface area (Å²) in [5, 5.41) is 3.03. The van der Waals surface area contributed by atoms with Crippen molar-refractivity contribution in [2.45, 2.75) is 19.4 Å². The van der Waals surface area contributed by atoms with E-state index in [1.165, 1.54) is 0 Å². The molecule has 0 atom stereocenters. The highest BCUT2D eigenvalue weighted by Crippen LogP contribution is 2.26. The molecule has 1 saturated heterocycles. The van der Waals surface area contributed by atoms with Crippen molar-refractivity contribution in [1.82, 2.24) is 9.47 Å². The van der Waals surface area contributed by atoms with Gasteiger partial charge in [-0.15, -0.1) is 0 Å². The molecular weight excluding hydrogens is 388 g/mol. The van der Waals surface area contributed by atoms with E-state index in [-0.39, 0.29) is 0 Å². The predicted octanol–water partition coefficient (Wildman–Crippen LogP) is 4.68. The Morgan fingerprint density at radius 3 is 2.39 bits per heavy atom. The van der Waals surface area contributed by atoms with Crippen molar-refractivity contribution < 1.29 is 14.3 Å². The van der Waals surface area contributed by atoms with Crippen molar-refractivity contribution >= 4 is 33.4 Å². The van der Waals surface area contributed by atoms with Gasteiger partial charge in [0.05, 0.1) is 12.1 Å². The summed E-state index contributed by atoms with van der Waals surface area (Å²) in [7, 11) is 0. The molecule has 1 fully saturated rings. The summed E-state index contributed by atoms with van der Waals surface area (Å²) in [6.07, 6.45) is 3.73. The quantitative estimate of drug-likeness (QED) is 0.341. The minimum Gasteiger partial charge on any atom is -0.491 e. The van der Waals surface area contributed by atoms with E-state index in [9.17, 15) is 9.59 Å². The molecule has 156 valence electrons. The first kappa shape index (κ1) is 19.4. The first-order valence-electron chi connectivity index (χ1n) is 10.7. The van der Waals surface area contributed by atoms with Gasteiger partial charge >= 0.3 is 0 Å². The molecule has 1 aliphatic rings. The van der Waals surface area contributed by atoms with Crippen LogP contribution in [0.4, 0.5) is 0 Å². The Labute approximate surface area is 180 Å². The number of ketones is 1. The Morgan fingerprint density at radius 2 is 1.55 bits per heavy atom. The van der Waals surface area contributed by atoms with Gasteiger partial charge in [-0.25, -0.2) is 0 Å². The number of rotatable bonds is 6. The Kier molecular flexibility index (Phi) is 5.16. The molecule has 1 aromatic heterocycles. The van der Waals surface area contributed by atoms with Crippen LogP contribution in [0.15, 0.2) is 72.9 Å². The summed E-state index contributed by atoms with van der Waals surface area (Å²) in [6.45, 7) is 2.37. The van der Waals surface area contributed by atoms with E-state index in [1.54, 1.807) is 11.1 Å². The average Bonchev–Trinajstić information content (AvgIpc) is 3.47. The van der Waals surface area contributed by atoms with Crippen molar-refractivity contribution in [1.29, 1.82) is 0 Å². The van der Waals surface area contributed by atoms with E-state index in [2.05, 4.69) is 18.2 Å². The zero-order valence-electron chi connectivity index (χ0n) is 17.3. The van der Waals surface area contributed by atoms with Gasteiger partial charge < -0.3 is 14.2 Å². The van der Waals surface area contributed by atoms with Crippen LogP contribution in [0.1, 0.15) is 23.2 Å². The van der Waals surface area contributed by atoms with Gasteiger partial charge in [0.1, 0.15) is 12.4 Å². The number of nitrogens with zero attached hydrogens (tertiary/aromatic N) is 2. The fourth-order valence-corrected chi connectivity index (χ4v) is 4.37. The SMILES string of the molecule is O=C(C(=O)N1CCCC1)c1cn(CCOc2cccc3ccccc23)c2ccccc12. The first-order chi connectivity index (χ1) is 15.2. The lowest BCUT2D eigenvalue weighted by molar-refractivity contribution is -0.125. The van der Waals surface area contributed by atoms with Crippen LogP contribution in [-0.4, -0.2) is 40.9 Å². The average molecular weight is 412 g/mol. The number of carbonyl (C=O) groups excluding carboxylic acids is 2. The highest BCUT2D eigenvalue weighted by molar-refractivity contribution is 6.44. The van der Waals surface area contributed by atoms with E-state index in [0.717, 1.165) is 40.3 Å². The molecule has 31 heavy (non-hydrogen) atoms. The van der Waals surface area contributed by atoms with Gasteiger partial charge in [0.15, 0.2) is 0 Å². The van der Waals surface area contributed by atoms with Gasteiger partial charge in [-0.2, -0.15) is 0 Å². The standard InChI is InChI=1S/C26H24N2O3/c29-25(26(30)27-14-5-6-15-27)22-18-28(23-12-4-3-11-21(22)23)16-17-31-24-13-7-9-19-8-1-2-10-20(19)24/h1-4,7-13,18H,5-6,14-17H2. The number of fused-ring (bicyclic) bond motifs is 2. The van der Waals surface area contributed by atoms with Gasteiger partial charge in [-0.1, -0.05) is 54.6 Å². The number of carbonyl (C=O) groups is 2. The Balaban J connectivity index is 1.38. The van der Waals surface area contributed by atoms with Crippen LogP contribution in [0.25, 0.3) is 21.7 Å². The summed E-state index contributed by atoms with van der Waals surface area (Å²) < 4.78 is 8.09. The van der Waals surface area contributed by atoms with Crippen molar-refractivity contribution in [3.63, 3.8) is 0 Å². The highest BCUT2D eigenvalue weighted by atomic mass is 16.5. The Morgan fingerprint density at radius 1 is 0.839 bits per heavy atom. The van der Waals surface area contributed by atoms with Crippen LogP contribution in [0.5, 0.6) is 5.75 Å². The number of Topliss-reactive ketones (excluding diaryl/α,β-unsaturated/α-hetero) is 1. The minimum atomic E-state index is -0.424. The normalized spacial score (nSPS) is 13.7. The molecule has 1 aliphatic heterocycles. The lowest BCUT2D eigenvalue weighted by Crippen LogP contribution is -2.34. The van der Waals surface area contributed by atoms with Crippen LogP contribution < -0.4 is 4.74 Å². The van der Waals surface area contributed by atoms with Crippen LogP contribution >= 0.6 is 0 Å². The minimum absolute atomic E-state index is 0.396. The maximum absolute atomic E-state index is 13.0. The van der Waals surface area contributed by atoms with Gasteiger partial charge in [0, 0.05) is 35.6 Å². The molecule has 5 nitrogen and oxygen atoms in total. The molecule has 0 N–H and O–H groups in total. The number of ether oxygens (including phenoxy) is 1. The predicted molar refractivity (Wildman–Crippen MR) is 122 cm³/mol. The summed E-state index contributed by atoms with van der Waals surface area (Å²) in [5.74, 6) is 0.0225. The zero-order chi connectivity index (χ0) is 21.2. The molecule has 3 aromatic carbocycles. The van der Waals surface area contributed by atoms with E-state index in [0.29, 0.717) is 31.8 Å². The second-order valence-corrected chi connectivity index (χ2v) is 7.91. The summed E-state index contributed by atoms with van der Waals surface area (Å²) >= 11 is 0. The smallest absolute Gasteiger partial charge is 0.295 e. The molecule has 0 radical (unpaired) electrons. The first-order valence-corrected chi connectivity index (χ1v) is 10.7. The molecule has 2 heterocycles. The van der Waals surface area contributed by atoms with E-state index in [4.69, 9.17) is 4.74 Å². The van der Waals surface area contributed by atoms with E-state index < -0.39 is 11.7 Å². The molecule has 0 saturated carbocycles. The topological polar surface area (TPSA) is 51.5 Å². The fourth-order valence-electron chi connectivity index (χ4n) is 4.37. The Hall–Kier alpha value is -3.60. The van der Waals surface area contributed by atoms with E-state index >= 15 is 0 Å². The van der Waals surface area contributed by atoms with Crippen molar-refractivity contribution in [3.8, 4) is 5.75 Å². The fraction of sp³-hybridized carbons (Fsp3) is 0.231. The van der Waals surface area contributed by atoms with Crippen molar-refractivity contribution in [2.75, 3.05) is 19.7 Å². The van der Waals surface area contributed by atoms with Crippen LogP contribution in [0.2, 0.25) is 0 Å². The molecule has 4 aromatic rings. The Bertz CT molecular complexity index is 1260. The second kappa shape index (κ2) is 8.26. The van der Waals surface area contributed by atoms with Crippen molar-refractivity contribution in [3.05, 3.63) is 78.5 Å². The summed E-state index contributed by atoms with van der Waals surface area (Å²) in [5.41, 5.74) is 1.40. The zero-order valence-corrected chi connectivity index (χ0v) is 17.3. The highest BCUT2D eigenvalue weighted by Gasteiger charge is 2.27. The van der Waals surface area contributed by atoms with Gasteiger partial charge in [-0.05, 0) is 30.4 Å². The molecule has 5 rings (SSSR count). The third-order valence-corrected chi connectivity index (χ3v) is 5.96. The second-order valence-electron chi connectivity index (χ2n) is 7.91. The van der Waals surface area contributed by atoms with Gasteiger partial charge in [-0.3, -0.25) is 9.59 Å². The number of hydrogen-bond acceptors (Lipinski definition) is 3. The third-order valence-electron chi connectivity index (χ3n) is 5.96. The largest absolute Gasteiger partial charge is 0.491 e. The maximum Gasteiger partial charge on any atom is 0.295 e.